The predicted molar refractivity (Wildman–Crippen MR) is 92.7 cm³/mol. The summed E-state index contributed by atoms with van der Waals surface area (Å²) in [4.78, 5) is 20.9. The number of carbonyl (C=O) groups is 2. The number of carboxylic acid groups (broad SMARTS) is 2. The molecule has 2 heterocycles. The molecule has 4 N–H and O–H groups in total. The smallest absolute Gasteiger partial charge is 0.345 e. The minimum absolute atomic E-state index is 0.394. The molecule has 0 aliphatic rings. The molecule has 0 aliphatic heterocycles. The van der Waals surface area contributed by atoms with Crippen molar-refractivity contribution in [2.75, 3.05) is 0 Å². The summed E-state index contributed by atoms with van der Waals surface area (Å²) >= 11 is 12.4. The largest absolute Gasteiger partial charge is 0.477 e. The number of oxime groups is 2. The molecule has 130 valence electrons. The molecule has 0 unspecified atom stereocenters. The Morgan fingerprint density at radius 2 is 1.17 bits per heavy atom. The maximum Gasteiger partial charge on any atom is 0.345 e. The monoisotopic (exact) mass is 412 g/mol. The van der Waals surface area contributed by atoms with Crippen molar-refractivity contribution >= 4 is 68.2 Å². The maximum atomic E-state index is 10.1. The SMILES string of the molecule is O=C(O)c1cccs1.O=C(O)c1cccs1.ON=C(Cl)C(Cl)=NO. The lowest BCUT2D eigenvalue weighted by molar-refractivity contribution is 0.0691. The molecule has 0 bridgehead atoms. The van der Waals surface area contributed by atoms with Gasteiger partial charge in [-0.15, -0.1) is 22.7 Å². The molecule has 0 aliphatic carbocycles. The number of thiophene rings is 2. The van der Waals surface area contributed by atoms with Crippen molar-refractivity contribution in [2.45, 2.75) is 0 Å². The fourth-order valence-corrected chi connectivity index (χ4v) is 2.08. The maximum absolute atomic E-state index is 10.1. The van der Waals surface area contributed by atoms with Crippen molar-refractivity contribution in [3.63, 3.8) is 0 Å². The van der Waals surface area contributed by atoms with Gasteiger partial charge in [0.1, 0.15) is 9.75 Å². The average Bonchev–Trinajstić information content (AvgIpc) is 3.27. The normalized spacial score (nSPS) is 10.8. The lowest BCUT2D eigenvalue weighted by atomic mass is 10.5. The fraction of sp³-hybridized carbons (Fsp3) is 0. The summed E-state index contributed by atoms with van der Waals surface area (Å²) in [7, 11) is 0. The lowest BCUT2D eigenvalue weighted by Crippen LogP contribution is -1.97. The summed E-state index contributed by atoms with van der Waals surface area (Å²) in [5.41, 5.74) is 0. The van der Waals surface area contributed by atoms with E-state index >= 15 is 0 Å². The van der Waals surface area contributed by atoms with E-state index in [1.807, 2.05) is 0 Å². The number of aromatic carboxylic acids is 2. The second kappa shape index (κ2) is 12.3. The Morgan fingerprint density at radius 3 is 1.29 bits per heavy atom. The molecule has 2 aromatic rings. The highest BCUT2D eigenvalue weighted by Crippen LogP contribution is 2.07. The van der Waals surface area contributed by atoms with Gasteiger partial charge in [-0.25, -0.2) is 9.59 Å². The summed E-state index contributed by atoms with van der Waals surface area (Å²) in [5.74, 6) is -1.69. The van der Waals surface area contributed by atoms with Gasteiger partial charge >= 0.3 is 11.9 Å². The first-order chi connectivity index (χ1) is 11.3. The molecule has 0 atom stereocenters. The van der Waals surface area contributed by atoms with Crippen LogP contribution in [0.25, 0.3) is 0 Å². The van der Waals surface area contributed by atoms with Crippen LogP contribution in [0.4, 0.5) is 0 Å². The van der Waals surface area contributed by atoms with E-state index < -0.39 is 22.3 Å². The molecule has 0 spiro atoms. The van der Waals surface area contributed by atoms with Crippen molar-refractivity contribution in [1.82, 2.24) is 0 Å². The zero-order valence-electron chi connectivity index (χ0n) is 11.5. The van der Waals surface area contributed by atoms with Crippen LogP contribution in [0, 0.1) is 0 Å². The molecule has 0 saturated heterocycles. The zero-order chi connectivity index (χ0) is 18.5. The van der Waals surface area contributed by atoms with Crippen molar-refractivity contribution in [2.24, 2.45) is 10.3 Å². The topological polar surface area (TPSA) is 140 Å². The minimum atomic E-state index is -0.847. The molecular formula is C12H10Cl2N2O6S2. The van der Waals surface area contributed by atoms with E-state index in [0.717, 1.165) is 0 Å². The van der Waals surface area contributed by atoms with E-state index in [9.17, 15) is 9.59 Å². The summed E-state index contributed by atoms with van der Waals surface area (Å²) < 4.78 is 0. The second-order valence-corrected chi connectivity index (χ2v) is 5.96. The standard InChI is InChI=1S/2C5H4O2S.C2H2Cl2N2O2/c2*6-5(7)4-2-1-3-8-4;3-1(5-7)2(4)6-8/h2*1-3H,(H,6,7);7-8H. The summed E-state index contributed by atoms with van der Waals surface area (Å²) in [6, 6.07) is 6.59. The van der Waals surface area contributed by atoms with Crippen LogP contribution >= 0.6 is 45.9 Å². The van der Waals surface area contributed by atoms with Gasteiger partial charge in [0, 0.05) is 0 Å². The molecule has 24 heavy (non-hydrogen) atoms. The van der Waals surface area contributed by atoms with Gasteiger partial charge in [-0.3, -0.25) is 0 Å². The number of halogens is 2. The molecule has 8 nitrogen and oxygen atoms in total. The lowest BCUT2D eigenvalue weighted by Gasteiger charge is -1.83. The molecule has 12 heteroatoms. The van der Waals surface area contributed by atoms with Crippen molar-refractivity contribution in [3.8, 4) is 0 Å². The van der Waals surface area contributed by atoms with Crippen LogP contribution in [-0.4, -0.2) is 42.9 Å². The van der Waals surface area contributed by atoms with E-state index in [4.69, 9.17) is 43.8 Å². The average molecular weight is 413 g/mol. The molecule has 0 saturated carbocycles. The third-order valence-electron chi connectivity index (χ3n) is 1.81. The molecule has 0 aromatic carbocycles. The Morgan fingerprint density at radius 1 is 0.833 bits per heavy atom. The van der Waals surface area contributed by atoms with Crippen LogP contribution in [-0.2, 0) is 0 Å². The van der Waals surface area contributed by atoms with Gasteiger partial charge in [0.15, 0.2) is 0 Å². The minimum Gasteiger partial charge on any atom is -0.477 e. The van der Waals surface area contributed by atoms with Crippen molar-refractivity contribution < 1.29 is 30.2 Å². The van der Waals surface area contributed by atoms with E-state index in [2.05, 4.69) is 10.3 Å². The second-order valence-electron chi connectivity index (χ2n) is 3.35. The number of hydrogen-bond acceptors (Lipinski definition) is 8. The molecule has 2 rings (SSSR count). The van der Waals surface area contributed by atoms with Gasteiger partial charge < -0.3 is 20.6 Å². The number of carboxylic acids is 2. The van der Waals surface area contributed by atoms with Crippen molar-refractivity contribution in [1.29, 1.82) is 0 Å². The zero-order valence-corrected chi connectivity index (χ0v) is 14.7. The van der Waals surface area contributed by atoms with Crippen LogP contribution in [0.3, 0.4) is 0 Å². The highest BCUT2D eigenvalue weighted by molar-refractivity contribution is 7.12. The quantitative estimate of drug-likeness (QED) is 0.342. The summed E-state index contributed by atoms with van der Waals surface area (Å²) in [6.45, 7) is 0. The van der Waals surface area contributed by atoms with Gasteiger partial charge in [-0.1, -0.05) is 45.6 Å². The van der Waals surface area contributed by atoms with E-state index in [-0.39, 0.29) is 0 Å². The van der Waals surface area contributed by atoms with E-state index in [1.54, 1.807) is 35.0 Å². The third kappa shape index (κ3) is 9.10. The van der Waals surface area contributed by atoms with Crippen LogP contribution in [0.2, 0.25) is 0 Å². The highest BCUT2D eigenvalue weighted by Gasteiger charge is 2.01. The Hall–Kier alpha value is -2.14. The Bertz CT molecular complexity index is 626. The number of rotatable bonds is 3. The van der Waals surface area contributed by atoms with Gasteiger partial charge in [-0.2, -0.15) is 0 Å². The Balaban J connectivity index is 0.000000331. The highest BCUT2D eigenvalue weighted by atomic mass is 35.5. The molecule has 0 amide bonds. The molecular weight excluding hydrogens is 403 g/mol. The van der Waals surface area contributed by atoms with Crippen LogP contribution < -0.4 is 0 Å². The first-order valence-corrected chi connectivity index (χ1v) is 8.14. The van der Waals surface area contributed by atoms with Gasteiger partial charge in [0.05, 0.1) is 0 Å². The number of nitrogens with zero attached hydrogens (tertiary/aromatic N) is 2. The molecule has 0 fully saturated rings. The van der Waals surface area contributed by atoms with E-state index in [0.29, 0.717) is 9.75 Å². The summed E-state index contributed by atoms with van der Waals surface area (Å²) in [6.07, 6.45) is 0. The van der Waals surface area contributed by atoms with Crippen LogP contribution in [0.1, 0.15) is 19.3 Å². The summed E-state index contributed by atoms with van der Waals surface area (Å²) in [5, 5.41) is 39.6. The predicted octanol–water partition coefficient (Wildman–Crippen LogP) is 3.93. The van der Waals surface area contributed by atoms with Gasteiger partial charge in [0.25, 0.3) is 0 Å². The molecule has 2 aromatic heterocycles. The first-order valence-electron chi connectivity index (χ1n) is 5.62. The van der Waals surface area contributed by atoms with Gasteiger partial charge in [0.2, 0.25) is 10.3 Å². The van der Waals surface area contributed by atoms with Gasteiger partial charge in [-0.05, 0) is 22.9 Å². The number of hydrogen-bond donors (Lipinski definition) is 4. The van der Waals surface area contributed by atoms with E-state index in [1.165, 1.54) is 22.7 Å². The Labute approximate surface area is 153 Å². The van der Waals surface area contributed by atoms with Crippen LogP contribution in [0.5, 0.6) is 0 Å². The Kier molecular flexibility index (Phi) is 11.2. The van der Waals surface area contributed by atoms with Crippen molar-refractivity contribution in [3.05, 3.63) is 44.8 Å². The third-order valence-corrected chi connectivity index (χ3v) is 4.13. The fourth-order valence-electron chi connectivity index (χ4n) is 0.883. The first kappa shape index (κ1) is 21.9. The molecule has 0 radical (unpaired) electrons. The van der Waals surface area contributed by atoms with Crippen LogP contribution in [0.15, 0.2) is 45.3 Å².